The quantitative estimate of drug-likeness (QED) is 0.585. The molecule has 0 radical (unpaired) electrons. The van der Waals surface area contributed by atoms with E-state index in [0.717, 1.165) is 33.2 Å². The highest BCUT2D eigenvalue weighted by atomic mass is 35.5. The fourth-order valence-corrected chi connectivity index (χ4v) is 3.77. The van der Waals surface area contributed by atoms with Gasteiger partial charge in [0.2, 0.25) is 0 Å². The molecular formula is C18H18ClN3S2. The van der Waals surface area contributed by atoms with E-state index in [9.17, 15) is 0 Å². The van der Waals surface area contributed by atoms with Crippen LogP contribution in [-0.4, -0.2) is 10.1 Å². The Labute approximate surface area is 156 Å². The largest absolute Gasteiger partial charge is 0.356 e. The number of thiocarbonyl (C=S) groups is 1. The highest BCUT2D eigenvalue weighted by Gasteiger charge is 2.08. The van der Waals surface area contributed by atoms with Crippen molar-refractivity contribution in [1.29, 1.82) is 0 Å². The van der Waals surface area contributed by atoms with Crippen molar-refractivity contribution in [2.24, 2.45) is 0 Å². The van der Waals surface area contributed by atoms with Crippen LogP contribution in [0.4, 0.5) is 5.69 Å². The van der Waals surface area contributed by atoms with Crippen LogP contribution in [0.2, 0.25) is 5.02 Å². The molecule has 0 amide bonds. The Hall–Kier alpha value is -1.69. The van der Waals surface area contributed by atoms with E-state index in [2.05, 4.69) is 35.5 Å². The van der Waals surface area contributed by atoms with Gasteiger partial charge in [0.25, 0.3) is 0 Å². The lowest BCUT2D eigenvalue weighted by atomic mass is 10.1. The molecule has 0 aliphatic rings. The molecule has 0 bridgehead atoms. The summed E-state index contributed by atoms with van der Waals surface area (Å²) >= 11 is 13.1. The van der Waals surface area contributed by atoms with E-state index in [4.69, 9.17) is 23.8 Å². The van der Waals surface area contributed by atoms with Gasteiger partial charge in [-0.15, -0.1) is 11.3 Å². The van der Waals surface area contributed by atoms with Gasteiger partial charge in [0, 0.05) is 10.7 Å². The number of rotatable bonds is 4. The average molecular weight is 376 g/mol. The van der Waals surface area contributed by atoms with Gasteiger partial charge < -0.3 is 10.6 Å². The summed E-state index contributed by atoms with van der Waals surface area (Å²) < 4.78 is 1.17. The first-order valence-electron chi connectivity index (χ1n) is 7.77. The molecule has 2 N–H and O–H groups in total. The minimum absolute atomic E-state index is 0.0982. The third-order valence-electron chi connectivity index (χ3n) is 3.71. The standard InChI is InChI=1S/C18H18ClN3S2/c1-3-17-22-15-9-8-14(10-16(15)24-17)21-18(23)20-11(2)12-4-6-13(19)7-5-12/h4-11H,3H2,1-2H3,(H2,20,21,23)/t11-/m0/s1. The molecule has 0 spiro atoms. The van der Waals surface area contributed by atoms with E-state index >= 15 is 0 Å². The van der Waals surface area contributed by atoms with Crippen LogP contribution in [0.5, 0.6) is 0 Å². The number of aromatic nitrogens is 1. The zero-order valence-electron chi connectivity index (χ0n) is 13.5. The molecule has 124 valence electrons. The first-order valence-corrected chi connectivity index (χ1v) is 9.38. The summed E-state index contributed by atoms with van der Waals surface area (Å²) in [5, 5.41) is 9.02. The van der Waals surface area contributed by atoms with Crippen LogP contribution < -0.4 is 10.6 Å². The molecule has 1 aromatic heterocycles. The number of anilines is 1. The number of benzene rings is 2. The Morgan fingerprint density at radius 3 is 2.71 bits per heavy atom. The molecule has 1 heterocycles. The maximum atomic E-state index is 5.93. The molecular weight excluding hydrogens is 358 g/mol. The van der Waals surface area contributed by atoms with Gasteiger partial charge in [-0.05, 0) is 61.5 Å². The maximum absolute atomic E-state index is 5.93. The van der Waals surface area contributed by atoms with Crippen molar-refractivity contribution in [3.63, 3.8) is 0 Å². The Bertz CT molecular complexity index is 858. The number of fused-ring (bicyclic) bond motifs is 1. The van der Waals surface area contributed by atoms with E-state index in [1.807, 2.05) is 36.4 Å². The SMILES string of the molecule is CCc1nc2ccc(NC(=S)N[C@@H](C)c3ccc(Cl)cc3)cc2s1. The summed E-state index contributed by atoms with van der Waals surface area (Å²) in [7, 11) is 0. The number of nitrogens with one attached hydrogen (secondary N) is 2. The summed E-state index contributed by atoms with van der Waals surface area (Å²) in [5.41, 5.74) is 3.14. The second-order valence-electron chi connectivity index (χ2n) is 5.52. The van der Waals surface area contributed by atoms with Crippen molar-refractivity contribution < 1.29 is 0 Å². The van der Waals surface area contributed by atoms with Crippen molar-refractivity contribution >= 4 is 56.2 Å². The van der Waals surface area contributed by atoms with Crippen LogP contribution in [0.25, 0.3) is 10.2 Å². The van der Waals surface area contributed by atoms with Crippen LogP contribution >= 0.6 is 35.2 Å². The van der Waals surface area contributed by atoms with Crippen molar-refractivity contribution in [3.8, 4) is 0 Å². The summed E-state index contributed by atoms with van der Waals surface area (Å²) in [6.45, 7) is 4.19. The smallest absolute Gasteiger partial charge is 0.171 e. The third-order valence-corrected chi connectivity index (χ3v) is 5.35. The number of nitrogens with zero attached hydrogens (tertiary/aromatic N) is 1. The van der Waals surface area contributed by atoms with Crippen molar-refractivity contribution in [3.05, 3.63) is 58.1 Å². The van der Waals surface area contributed by atoms with E-state index < -0.39 is 0 Å². The average Bonchev–Trinajstić information content (AvgIpc) is 2.97. The topological polar surface area (TPSA) is 37.0 Å². The lowest BCUT2D eigenvalue weighted by Crippen LogP contribution is -2.30. The number of halogens is 1. The number of hydrogen-bond donors (Lipinski definition) is 2. The van der Waals surface area contributed by atoms with Gasteiger partial charge in [-0.1, -0.05) is 30.7 Å². The molecule has 6 heteroatoms. The molecule has 0 saturated carbocycles. The zero-order chi connectivity index (χ0) is 17.1. The Balaban J connectivity index is 1.66. The Kier molecular flexibility index (Phi) is 5.33. The third kappa shape index (κ3) is 4.04. The Morgan fingerprint density at radius 2 is 2.00 bits per heavy atom. The lowest BCUT2D eigenvalue weighted by Gasteiger charge is -2.17. The maximum Gasteiger partial charge on any atom is 0.171 e. The van der Waals surface area contributed by atoms with Crippen LogP contribution in [0, 0.1) is 0 Å². The molecule has 24 heavy (non-hydrogen) atoms. The van der Waals surface area contributed by atoms with E-state index in [0.29, 0.717) is 5.11 Å². The number of aryl methyl sites for hydroxylation is 1. The van der Waals surface area contributed by atoms with Gasteiger partial charge in [0.15, 0.2) is 5.11 Å². The molecule has 0 aliphatic heterocycles. The number of hydrogen-bond acceptors (Lipinski definition) is 3. The Morgan fingerprint density at radius 1 is 1.25 bits per heavy atom. The normalized spacial score (nSPS) is 12.1. The summed E-state index contributed by atoms with van der Waals surface area (Å²) in [4.78, 5) is 4.58. The molecule has 2 aromatic carbocycles. The molecule has 0 unspecified atom stereocenters. The van der Waals surface area contributed by atoms with Gasteiger partial charge >= 0.3 is 0 Å². The second-order valence-corrected chi connectivity index (χ2v) is 7.48. The van der Waals surface area contributed by atoms with Crippen LogP contribution in [0.1, 0.15) is 30.5 Å². The predicted molar refractivity (Wildman–Crippen MR) is 108 cm³/mol. The molecule has 0 fully saturated rings. The summed E-state index contributed by atoms with van der Waals surface area (Å²) in [5.74, 6) is 0. The summed E-state index contributed by atoms with van der Waals surface area (Å²) in [6.07, 6.45) is 0.959. The van der Waals surface area contributed by atoms with E-state index in [1.165, 1.54) is 4.70 Å². The molecule has 3 aromatic rings. The van der Waals surface area contributed by atoms with Crippen molar-refractivity contribution in [2.45, 2.75) is 26.3 Å². The molecule has 0 aliphatic carbocycles. The highest BCUT2D eigenvalue weighted by molar-refractivity contribution is 7.80. The second kappa shape index (κ2) is 7.47. The monoisotopic (exact) mass is 375 g/mol. The van der Waals surface area contributed by atoms with Gasteiger partial charge in [-0.3, -0.25) is 0 Å². The number of thiazole rings is 1. The first-order chi connectivity index (χ1) is 11.5. The van der Waals surface area contributed by atoms with Gasteiger partial charge in [-0.2, -0.15) is 0 Å². The highest BCUT2D eigenvalue weighted by Crippen LogP contribution is 2.25. The van der Waals surface area contributed by atoms with Crippen molar-refractivity contribution in [2.75, 3.05) is 5.32 Å². The van der Waals surface area contributed by atoms with Gasteiger partial charge in [0.1, 0.15) is 0 Å². The lowest BCUT2D eigenvalue weighted by molar-refractivity contribution is 0.723. The molecule has 3 rings (SSSR count). The summed E-state index contributed by atoms with van der Waals surface area (Å²) in [6, 6.07) is 14.0. The van der Waals surface area contributed by atoms with Crippen molar-refractivity contribution in [1.82, 2.24) is 10.3 Å². The first kappa shape index (κ1) is 17.1. The predicted octanol–water partition coefficient (Wildman–Crippen LogP) is 5.56. The molecule has 1 atom stereocenters. The fourth-order valence-electron chi connectivity index (χ4n) is 2.40. The van der Waals surface area contributed by atoms with Crippen LogP contribution in [0.15, 0.2) is 42.5 Å². The van der Waals surface area contributed by atoms with Gasteiger partial charge in [-0.25, -0.2) is 4.98 Å². The van der Waals surface area contributed by atoms with Crippen LogP contribution in [0.3, 0.4) is 0 Å². The zero-order valence-corrected chi connectivity index (χ0v) is 15.9. The minimum Gasteiger partial charge on any atom is -0.356 e. The molecule has 3 nitrogen and oxygen atoms in total. The fraction of sp³-hybridized carbons (Fsp3) is 0.222. The van der Waals surface area contributed by atoms with Crippen LogP contribution in [-0.2, 0) is 6.42 Å². The molecule has 0 saturated heterocycles. The van der Waals surface area contributed by atoms with E-state index in [1.54, 1.807) is 11.3 Å². The minimum atomic E-state index is 0.0982. The van der Waals surface area contributed by atoms with E-state index in [-0.39, 0.29) is 6.04 Å². The van der Waals surface area contributed by atoms with Gasteiger partial charge in [0.05, 0.1) is 21.3 Å².